The molecule has 0 saturated heterocycles. The normalized spacial score (nSPS) is 20.9. The van der Waals surface area contributed by atoms with Crippen molar-refractivity contribution in [3.05, 3.63) is 88.1 Å². The van der Waals surface area contributed by atoms with Gasteiger partial charge in [-0.3, -0.25) is 9.79 Å². The number of aryl methyl sites for hydroxylation is 1. The van der Waals surface area contributed by atoms with Gasteiger partial charge >= 0.3 is 0 Å². The Morgan fingerprint density at radius 1 is 1.11 bits per heavy atom. The minimum absolute atomic E-state index is 0.110. The van der Waals surface area contributed by atoms with Gasteiger partial charge in [0.05, 0.1) is 23.4 Å². The number of nitrogens with zero attached hydrogens (tertiary/aromatic N) is 2. The molecule has 3 aliphatic rings. The summed E-state index contributed by atoms with van der Waals surface area (Å²) in [5.41, 5.74) is 4.17. The zero-order valence-corrected chi connectivity index (χ0v) is 22.0. The summed E-state index contributed by atoms with van der Waals surface area (Å²) in [5, 5.41) is 3.19. The van der Waals surface area contributed by atoms with Crippen LogP contribution in [0.3, 0.4) is 0 Å². The SMILES string of the molecule is COC1=CC(CNC2=CC3=NCCc4cn(S(=O)(=O)c5ccc(C)cc5)c(c43)C2=O)=CC(OC)C1OC. The van der Waals surface area contributed by atoms with Crippen LogP contribution in [0.1, 0.15) is 27.2 Å². The van der Waals surface area contributed by atoms with Crippen molar-refractivity contribution in [3.8, 4) is 0 Å². The fourth-order valence-electron chi connectivity index (χ4n) is 4.89. The molecule has 194 valence electrons. The van der Waals surface area contributed by atoms with Gasteiger partial charge < -0.3 is 19.5 Å². The summed E-state index contributed by atoms with van der Waals surface area (Å²) in [5.74, 6) is 0.211. The Bertz CT molecular complexity index is 1480. The zero-order chi connectivity index (χ0) is 26.3. The Morgan fingerprint density at radius 3 is 2.54 bits per heavy atom. The molecule has 0 spiro atoms. The van der Waals surface area contributed by atoms with E-state index in [4.69, 9.17) is 14.2 Å². The molecule has 1 aliphatic heterocycles. The fourth-order valence-corrected chi connectivity index (χ4v) is 6.28. The Kier molecular flexibility index (Phi) is 6.65. The number of aliphatic imine (C=N–C) groups is 1. The molecule has 37 heavy (non-hydrogen) atoms. The Hall–Kier alpha value is -3.47. The van der Waals surface area contributed by atoms with Gasteiger partial charge in [-0.2, -0.15) is 0 Å². The first-order valence-electron chi connectivity index (χ1n) is 11.9. The summed E-state index contributed by atoms with van der Waals surface area (Å²) in [7, 11) is 0.757. The van der Waals surface area contributed by atoms with Gasteiger partial charge in [-0.05, 0) is 54.8 Å². The number of aromatic nitrogens is 1. The number of rotatable bonds is 8. The second-order valence-corrected chi connectivity index (χ2v) is 10.9. The number of hydrogen-bond acceptors (Lipinski definition) is 8. The third-order valence-corrected chi connectivity index (χ3v) is 8.49. The zero-order valence-electron chi connectivity index (χ0n) is 21.1. The van der Waals surface area contributed by atoms with Crippen LogP contribution in [0, 0.1) is 6.92 Å². The van der Waals surface area contributed by atoms with Crippen LogP contribution in [0.15, 0.2) is 75.6 Å². The fraction of sp³-hybridized carbons (Fsp3) is 0.333. The number of ether oxygens (including phenoxy) is 3. The van der Waals surface area contributed by atoms with E-state index in [1.54, 1.807) is 57.9 Å². The monoisotopic (exact) mass is 523 g/mol. The van der Waals surface area contributed by atoms with E-state index in [9.17, 15) is 13.2 Å². The lowest BCUT2D eigenvalue weighted by molar-refractivity contribution is -0.0190. The first kappa shape index (κ1) is 25.2. The molecule has 2 aliphatic carbocycles. The summed E-state index contributed by atoms with van der Waals surface area (Å²) in [6.45, 7) is 2.70. The number of nitrogens with one attached hydrogen (secondary N) is 1. The Labute approximate surface area is 216 Å². The van der Waals surface area contributed by atoms with Gasteiger partial charge in [0.15, 0.2) is 0 Å². The van der Waals surface area contributed by atoms with E-state index < -0.39 is 15.8 Å². The largest absolute Gasteiger partial charge is 0.498 e. The minimum atomic E-state index is -3.99. The van der Waals surface area contributed by atoms with Gasteiger partial charge in [-0.25, -0.2) is 12.4 Å². The van der Waals surface area contributed by atoms with E-state index >= 15 is 0 Å². The van der Waals surface area contributed by atoms with Crippen LogP contribution in [0.4, 0.5) is 0 Å². The topological polar surface area (TPSA) is 108 Å². The second kappa shape index (κ2) is 9.77. The van der Waals surface area contributed by atoms with Crippen molar-refractivity contribution in [2.75, 3.05) is 34.4 Å². The molecule has 1 N–H and O–H groups in total. The van der Waals surface area contributed by atoms with Crippen LogP contribution in [0.2, 0.25) is 0 Å². The van der Waals surface area contributed by atoms with Gasteiger partial charge in [0.1, 0.15) is 23.7 Å². The molecule has 1 aromatic heterocycles. The number of benzene rings is 1. The van der Waals surface area contributed by atoms with E-state index in [1.807, 2.05) is 19.1 Å². The smallest absolute Gasteiger partial charge is 0.268 e. The highest BCUT2D eigenvalue weighted by atomic mass is 32.2. The van der Waals surface area contributed by atoms with Gasteiger partial charge in [0, 0.05) is 39.1 Å². The maximum Gasteiger partial charge on any atom is 0.268 e. The molecule has 5 rings (SSSR count). The first-order chi connectivity index (χ1) is 17.8. The molecule has 0 fully saturated rings. The molecule has 0 amide bonds. The number of methoxy groups -OCH3 is 3. The predicted molar refractivity (Wildman–Crippen MR) is 138 cm³/mol. The molecule has 2 unspecified atom stereocenters. The van der Waals surface area contributed by atoms with Crippen LogP contribution in [0.25, 0.3) is 0 Å². The lowest BCUT2D eigenvalue weighted by Gasteiger charge is -2.28. The van der Waals surface area contributed by atoms with Gasteiger partial charge in [-0.15, -0.1) is 0 Å². The maximum atomic E-state index is 13.7. The minimum Gasteiger partial charge on any atom is -0.498 e. The number of allylic oxidation sites excluding steroid dienone is 2. The highest BCUT2D eigenvalue weighted by molar-refractivity contribution is 7.90. The molecule has 2 aromatic rings. The molecule has 0 radical (unpaired) electrons. The number of ketones is 1. The lowest BCUT2D eigenvalue weighted by atomic mass is 9.92. The number of Topliss-reactive ketones (excluding diaryl/α,β-unsaturated/α-hetero) is 1. The predicted octanol–water partition coefficient (Wildman–Crippen LogP) is 2.55. The van der Waals surface area contributed by atoms with Crippen molar-refractivity contribution in [2.24, 2.45) is 4.99 Å². The Balaban J connectivity index is 1.48. The van der Waals surface area contributed by atoms with E-state index in [0.717, 1.165) is 20.7 Å². The molecule has 2 atom stereocenters. The standard InChI is InChI=1S/C27H29N3O6S/c1-16-5-7-19(8-6-16)37(32,33)30-15-18-9-10-28-20-13-21(26(31)25(30)24(18)20)29-14-17-11-22(34-2)27(36-4)23(12-17)35-3/h5-8,11-13,15,22,27,29H,9-10,14H2,1-4H3. The highest BCUT2D eigenvalue weighted by Crippen LogP contribution is 2.32. The van der Waals surface area contributed by atoms with E-state index in [0.29, 0.717) is 36.5 Å². The van der Waals surface area contributed by atoms with Crippen molar-refractivity contribution >= 4 is 21.5 Å². The van der Waals surface area contributed by atoms with Gasteiger partial charge in [0.25, 0.3) is 10.0 Å². The number of carbonyl (C=O) groups excluding carboxylic acids is 1. The lowest BCUT2D eigenvalue weighted by Crippen LogP contribution is -2.35. The van der Waals surface area contributed by atoms with Gasteiger partial charge in [0.2, 0.25) is 5.78 Å². The quantitative estimate of drug-likeness (QED) is 0.567. The average Bonchev–Trinajstić information content (AvgIpc) is 3.31. The maximum absolute atomic E-state index is 13.7. The van der Waals surface area contributed by atoms with Crippen molar-refractivity contribution < 1.29 is 27.4 Å². The molecule has 10 heteroatoms. The van der Waals surface area contributed by atoms with Crippen LogP contribution in [-0.4, -0.2) is 70.5 Å². The second-order valence-electron chi connectivity index (χ2n) is 9.10. The molecule has 9 nitrogen and oxygen atoms in total. The van der Waals surface area contributed by atoms with Crippen molar-refractivity contribution in [1.29, 1.82) is 0 Å². The van der Waals surface area contributed by atoms with Crippen LogP contribution in [-0.2, 0) is 30.7 Å². The van der Waals surface area contributed by atoms with Crippen molar-refractivity contribution in [3.63, 3.8) is 0 Å². The Morgan fingerprint density at radius 2 is 1.86 bits per heavy atom. The summed E-state index contributed by atoms with van der Waals surface area (Å²) >= 11 is 0. The highest BCUT2D eigenvalue weighted by Gasteiger charge is 2.36. The molecular formula is C27H29N3O6S. The first-order valence-corrected chi connectivity index (χ1v) is 13.4. The summed E-state index contributed by atoms with van der Waals surface area (Å²) < 4.78 is 44.8. The van der Waals surface area contributed by atoms with Gasteiger partial charge in [-0.1, -0.05) is 17.7 Å². The van der Waals surface area contributed by atoms with Crippen LogP contribution >= 0.6 is 0 Å². The molecule has 0 bridgehead atoms. The van der Waals surface area contributed by atoms with E-state index in [1.165, 1.54) is 0 Å². The number of hydrogen-bond donors (Lipinski definition) is 1. The molecular weight excluding hydrogens is 494 g/mol. The van der Waals surface area contributed by atoms with Crippen LogP contribution in [0.5, 0.6) is 0 Å². The molecule has 2 heterocycles. The summed E-state index contributed by atoms with van der Waals surface area (Å²) in [6, 6.07) is 6.60. The molecule has 1 aromatic carbocycles. The molecule has 0 saturated carbocycles. The summed E-state index contributed by atoms with van der Waals surface area (Å²) in [6.07, 6.45) is 6.86. The van der Waals surface area contributed by atoms with Crippen LogP contribution < -0.4 is 5.32 Å². The van der Waals surface area contributed by atoms with Crippen molar-refractivity contribution in [1.82, 2.24) is 9.29 Å². The summed E-state index contributed by atoms with van der Waals surface area (Å²) in [4.78, 5) is 18.4. The number of carbonyl (C=O) groups is 1. The third kappa shape index (κ3) is 4.35. The van der Waals surface area contributed by atoms with E-state index in [-0.39, 0.29) is 28.5 Å². The van der Waals surface area contributed by atoms with Crippen molar-refractivity contribution in [2.45, 2.75) is 30.4 Å². The van der Waals surface area contributed by atoms with E-state index in [2.05, 4.69) is 10.3 Å². The third-order valence-electron chi connectivity index (χ3n) is 6.82. The average molecular weight is 524 g/mol.